The molecule has 2 aliphatic rings. The summed E-state index contributed by atoms with van der Waals surface area (Å²) in [6.07, 6.45) is 2.55. The van der Waals surface area contributed by atoms with E-state index in [-0.39, 0.29) is 29.5 Å². The molecule has 0 unspecified atom stereocenters. The van der Waals surface area contributed by atoms with Gasteiger partial charge in [-0.1, -0.05) is 70.7 Å². The van der Waals surface area contributed by atoms with Gasteiger partial charge in [-0.2, -0.15) is 0 Å². The van der Waals surface area contributed by atoms with E-state index in [0.29, 0.717) is 74.2 Å². The van der Waals surface area contributed by atoms with E-state index in [1.807, 2.05) is 73.3 Å². The molecule has 5 N–H and O–H groups in total. The van der Waals surface area contributed by atoms with Crippen LogP contribution in [-0.2, 0) is 39.6 Å². The van der Waals surface area contributed by atoms with Gasteiger partial charge in [-0.25, -0.2) is 0 Å². The Hall–Kier alpha value is -5.57. The summed E-state index contributed by atoms with van der Waals surface area (Å²) in [5, 5.41) is 18.7. The van der Waals surface area contributed by atoms with Gasteiger partial charge in [-0.05, 0) is 111 Å². The molecule has 4 aromatic carbocycles. The minimum atomic E-state index is -0.713. The highest BCUT2D eigenvalue weighted by atomic mass is 35.5. The number of hydrogen-bond acceptors (Lipinski definition) is 6. The Labute approximate surface area is 397 Å². The predicted octanol–water partition coefficient (Wildman–Crippen LogP) is 9.16. The van der Waals surface area contributed by atoms with Gasteiger partial charge < -0.3 is 40.6 Å². The lowest BCUT2D eigenvalue weighted by atomic mass is 9.80. The van der Waals surface area contributed by atoms with E-state index in [0.717, 1.165) is 53.5 Å². The summed E-state index contributed by atoms with van der Waals surface area (Å²) in [6.45, 7) is 7.06. The van der Waals surface area contributed by atoms with Crippen LogP contribution in [-0.4, -0.2) is 69.7 Å². The van der Waals surface area contributed by atoms with Crippen LogP contribution in [0, 0.1) is 0 Å². The third kappa shape index (κ3) is 10.00. The van der Waals surface area contributed by atoms with Crippen LogP contribution >= 0.6 is 46.4 Å². The number of nitrogens with one attached hydrogen (secondary N) is 5. The summed E-state index contributed by atoms with van der Waals surface area (Å²) in [5.41, 5.74) is 4.54. The van der Waals surface area contributed by atoms with E-state index < -0.39 is 11.1 Å². The highest BCUT2D eigenvalue weighted by molar-refractivity contribution is 6.46. The van der Waals surface area contributed by atoms with Crippen LogP contribution in [0.4, 0.5) is 11.4 Å². The van der Waals surface area contributed by atoms with E-state index in [4.69, 9.17) is 46.4 Å². The lowest BCUT2D eigenvalue weighted by Crippen LogP contribution is -2.54. The molecule has 2 fully saturated rings. The number of amides is 5. The SMILES string of the molecule is CC(=O)Nc1cccc(C2(NC(=O)c3cc4c(Cl)c(Cl)ccc4n3C)CCN(C(C)=O)CC2)c1.CC(=O)Nc1cccc(C2(NC(=O)c3cc4c(Cl)c(Cl)ccc4n3C)CCNCC2)c1. The van der Waals surface area contributed by atoms with Gasteiger partial charge in [0.1, 0.15) is 11.4 Å². The Morgan fingerprint density at radius 2 is 0.985 bits per heavy atom. The topological polar surface area (TPSA) is 159 Å². The third-order valence-corrected chi connectivity index (χ3v) is 14.0. The molecule has 0 spiro atoms. The molecule has 0 radical (unpaired) electrons. The molecule has 4 heterocycles. The number of hydrogen-bond donors (Lipinski definition) is 5. The Morgan fingerprint density at radius 3 is 1.38 bits per heavy atom. The summed E-state index contributed by atoms with van der Waals surface area (Å²) in [5.74, 6) is -0.740. The standard InChI is InChI=1S/C25H26Cl2N4O3.C23H24Cl2N4O2/c1-15(32)28-18-6-4-5-17(13-18)25(9-11-31(12-10-25)16(2)33)29-24(34)22-14-19-21(30(22)3)8-7-20(26)23(19)27;1-14(30)27-16-5-3-4-15(12-16)23(8-10-26-11-9-23)28-22(31)20-13-17-19(29(20)2)7-6-18(24)21(17)25/h4-8,13-14H,9-12H2,1-3H3,(H,28,32)(H,29,34);3-7,12-13,26H,8-11H2,1-2H3,(H,27,30)(H,28,31). The largest absolute Gasteiger partial charge is 0.343 e. The zero-order valence-corrected chi connectivity index (χ0v) is 39.7. The molecule has 2 aromatic heterocycles. The maximum Gasteiger partial charge on any atom is 0.268 e. The van der Waals surface area contributed by atoms with Crippen molar-refractivity contribution in [2.24, 2.45) is 14.1 Å². The first-order chi connectivity index (χ1) is 30.9. The number of carbonyl (C=O) groups excluding carboxylic acids is 5. The van der Waals surface area contributed by atoms with Gasteiger partial charge in [-0.3, -0.25) is 24.0 Å². The van der Waals surface area contributed by atoms with Gasteiger partial charge in [0.2, 0.25) is 17.7 Å². The predicted molar refractivity (Wildman–Crippen MR) is 259 cm³/mol. The van der Waals surface area contributed by atoms with Crippen LogP contribution in [0.25, 0.3) is 21.8 Å². The molecule has 13 nitrogen and oxygen atoms in total. The molecule has 0 atom stereocenters. The van der Waals surface area contributed by atoms with Gasteiger partial charge in [0, 0.05) is 81.1 Å². The number of aromatic nitrogens is 2. The number of nitrogens with zero attached hydrogens (tertiary/aromatic N) is 3. The van der Waals surface area contributed by atoms with Gasteiger partial charge in [-0.15, -0.1) is 0 Å². The summed E-state index contributed by atoms with van der Waals surface area (Å²) in [4.78, 5) is 63.8. The maximum absolute atomic E-state index is 13.6. The molecule has 65 heavy (non-hydrogen) atoms. The fourth-order valence-electron chi connectivity index (χ4n) is 8.92. The molecule has 5 amide bonds. The second-order valence-corrected chi connectivity index (χ2v) is 18.2. The fraction of sp³-hybridized carbons (Fsp3) is 0.312. The molecule has 6 aromatic rings. The highest BCUT2D eigenvalue weighted by Crippen LogP contribution is 2.38. The van der Waals surface area contributed by atoms with E-state index in [1.54, 1.807) is 46.7 Å². The molecule has 8 rings (SSSR count). The Balaban J connectivity index is 0.000000195. The van der Waals surface area contributed by atoms with Crippen LogP contribution in [0.1, 0.15) is 78.6 Å². The van der Waals surface area contributed by atoms with E-state index in [9.17, 15) is 24.0 Å². The second kappa shape index (κ2) is 19.5. The first-order valence-corrected chi connectivity index (χ1v) is 22.7. The second-order valence-electron chi connectivity index (χ2n) is 16.6. The molecule has 0 saturated carbocycles. The average Bonchev–Trinajstić information content (AvgIpc) is 3.80. The fourth-order valence-corrected chi connectivity index (χ4v) is 9.68. The van der Waals surface area contributed by atoms with E-state index in [2.05, 4.69) is 26.6 Å². The monoisotopic (exact) mass is 958 g/mol. The van der Waals surface area contributed by atoms with Crippen LogP contribution in [0.5, 0.6) is 0 Å². The number of halogens is 4. The summed E-state index contributed by atoms with van der Waals surface area (Å²) < 4.78 is 3.62. The number of piperidine rings is 2. The van der Waals surface area contributed by atoms with Crippen molar-refractivity contribution >= 4 is 109 Å². The molecule has 2 saturated heterocycles. The average molecular weight is 961 g/mol. The van der Waals surface area contributed by atoms with Crippen molar-refractivity contribution in [1.29, 1.82) is 0 Å². The van der Waals surface area contributed by atoms with Gasteiger partial charge in [0.05, 0.1) is 31.2 Å². The molecule has 0 bridgehead atoms. The van der Waals surface area contributed by atoms with Crippen molar-refractivity contribution in [2.75, 3.05) is 36.8 Å². The zero-order chi connectivity index (χ0) is 46.8. The lowest BCUT2D eigenvalue weighted by Gasteiger charge is -2.42. The van der Waals surface area contributed by atoms with E-state index >= 15 is 0 Å². The smallest absolute Gasteiger partial charge is 0.268 e. The van der Waals surface area contributed by atoms with Gasteiger partial charge in [0.25, 0.3) is 11.8 Å². The normalized spacial score (nSPS) is 15.4. The number of anilines is 2. The minimum absolute atomic E-state index is 0.00660. The zero-order valence-electron chi connectivity index (χ0n) is 36.6. The van der Waals surface area contributed by atoms with Crippen molar-refractivity contribution in [3.05, 3.63) is 128 Å². The van der Waals surface area contributed by atoms with Crippen LogP contribution in [0.15, 0.2) is 84.9 Å². The van der Waals surface area contributed by atoms with Crippen LogP contribution in [0.3, 0.4) is 0 Å². The summed E-state index contributed by atoms with van der Waals surface area (Å²) in [7, 11) is 3.65. The number of likely N-dealkylation sites (tertiary alicyclic amines) is 1. The van der Waals surface area contributed by atoms with Gasteiger partial charge in [0.15, 0.2) is 0 Å². The molecule has 0 aliphatic carbocycles. The first-order valence-electron chi connectivity index (χ1n) is 21.2. The Morgan fingerprint density at radius 1 is 0.569 bits per heavy atom. The van der Waals surface area contributed by atoms with Crippen molar-refractivity contribution in [3.8, 4) is 0 Å². The number of rotatable bonds is 8. The Kier molecular flexibility index (Phi) is 14.2. The van der Waals surface area contributed by atoms with Crippen molar-refractivity contribution < 1.29 is 24.0 Å². The first kappa shape index (κ1) is 47.4. The molecule has 17 heteroatoms. The maximum atomic E-state index is 13.6. The number of carbonyl (C=O) groups is 5. The minimum Gasteiger partial charge on any atom is -0.343 e. The molecular weight excluding hydrogens is 910 g/mol. The van der Waals surface area contributed by atoms with Crippen molar-refractivity contribution in [1.82, 2.24) is 30.0 Å². The Bertz CT molecular complexity index is 2840. The lowest BCUT2D eigenvalue weighted by molar-refractivity contribution is -0.130. The quantitative estimate of drug-likeness (QED) is 0.102. The highest BCUT2D eigenvalue weighted by Gasteiger charge is 2.40. The molecular formula is C48H50Cl4N8O5. The van der Waals surface area contributed by atoms with E-state index in [1.165, 1.54) is 13.8 Å². The molecule has 2 aliphatic heterocycles. The summed E-state index contributed by atoms with van der Waals surface area (Å²) in [6, 6.07) is 25.8. The number of benzene rings is 4. The van der Waals surface area contributed by atoms with Crippen LogP contribution < -0.4 is 26.6 Å². The number of aryl methyl sites for hydroxylation is 2. The van der Waals surface area contributed by atoms with Crippen molar-refractivity contribution in [2.45, 2.75) is 57.5 Å². The third-order valence-electron chi connectivity index (χ3n) is 12.4. The number of fused-ring (bicyclic) bond motifs is 2. The summed E-state index contributed by atoms with van der Waals surface area (Å²) >= 11 is 25.1. The van der Waals surface area contributed by atoms with Crippen LogP contribution in [0.2, 0.25) is 20.1 Å². The van der Waals surface area contributed by atoms with Gasteiger partial charge >= 0.3 is 0 Å². The van der Waals surface area contributed by atoms with Crippen molar-refractivity contribution in [3.63, 3.8) is 0 Å². The molecule has 340 valence electrons.